The summed E-state index contributed by atoms with van der Waals surface area (Å²) in [4.78, 5) is 26.1. The molecule has 0 saturated carbocycles. The number of fused-ring (bicyclic) bond motifs is 2. The number of hydrogen-bond donors (Lipinski definition) is 2. The van der Waals surface area contributed by atoms with Crippen molar-refractivity contribution in [3.63, 3.8) is 0 Å². The molecule has 2 aliphatic heterocycles. The Bertz CT molecular complexity index is 1520. The fourth-order valence-corrected chi connectivity index (χ4v) is 5.45. The number of aromatic nitrogens is 3. The number of aliphatic hydroxyl groups excluding tert-OH is 1. The van der Waals surface area contributed by atoms with Crippen LogP contribution in [-0.2, 0) is 14.8 Å². The van der Waals surface area contributed by atoms with Crippen LogP contribution in [0.1, 0.15) is 67.8 Å². The Morgan fingerprint density at radius 1 is 1.21 bits per heavy atom. The molecular weight excluding hydrogens is 510 g/mol. The van der Waals surface area contributed by atoms with Gasteiger partial charge in [0.05, 0.1) is 42.1 Å². The largest absolute Gasteiger partial charge is 0.471 e. The van der Waals surface area contributed by atoms with Gasteiger partial charge in [-0.25, -0.2) is 28.2 Å². The third-order valence-corrected chi connectivity index (χ3v) is 8.52. The van der Waals surface area contributed by atoms with Crippen molar-refractivity contribution in [1.29, 1.82) is 0 Å². The van der Waals surface area contributed by atoms with Crippen molar-refractivity contribution < 1.29 is 27.8 Å². The lowest BCUT2D eigenvalue weighted by Gasteiger charge is -2.36. The second-order valence-electron chi connectivity index (χ2n) is 10.3. The number of aliphatic hydroxyl groups is 1. The van der Waals surface area contributed by atoms with Gasteiger partial charge in [-0.1, -0.05) is 13.8 Å². The monoisotopic (exact) mass is 541 g/mol. The summed E-state index contributed by atoms with van der Waals surface area (Å²) in [5.41, 5.74) is 1.05. The van der Waals surface area contributed by atoms with Crippen LogP contribution in [0.25, 0.3) is 10.8 Å². The summed E-state index contributed by atoms with van der Waals surface area (Å²) in [6.07, 6.45) is 3.79. The number of cyclic esters (lactones) is 1. The third kappa shape index (κ3) is 4.79. The van der Waals surface area contributed by atoms with E-state index in [1.165, 1.54) is 10.6 Å². The molecule has 0 spiro atoms. The molecule has 0 aliphatic carbocycles. The number of anilines is 2. The van der Waals surface area contributed by atoms with E-state index in [0.717, 1.165) is 0 Å². The number of carbonyl (C=O) groups is 1. The fraction of sp³-hybridized carbons (Fsp3) is 0.462. The molecule has 1 saturated heterocycles. The fourth-order valence-electron chi connectivity index (χ4n) is 4.57. The van der Waals surface area contributed by atoms with Crippen molar-refractivity contribution in [2.75, 3.05) is 24.7 Å². The van der Waals surface area contributed by atoms with E-state index in [4.69, 9.17) is 14.5 Å². The summed E-state index contributed by atoms with van der Waals surface area (Å²) in [5, 5.41) is 15.2. The molecule has 0 bridgehead atoms. The minimum Gasteiger partial charge on any atom is -0.471 e. The van der Waals surface area contributed by atoms with Crippen molar-refractivity contribution in [2.45, 2.75) is 57.8 Å². The molecule has 38 heavy (non-hydrogen) atoms. The molecule has 5 rings (SSSR count). The summed E-state index contributed by atoms with van der Waals surface area (Å²) in [5.74, 6) is 0.833. The minimum atomic E-state index is -3.26. The smallest absolute Gasteiger partial charge is 0.340 e. The first-order valence-corrected chi connectivity index (χ1v) is 14.3. The predicted octanol–water partition coefficient (Wildman–Crippen LogP) is 3.29. The highest BCUT2D eigenvalue weighted by Crippen LogP contribution is 2.38. The van der Waals surface area contributed by atoms with E-state index in [9.17, 15) is 18.3 Å². The summed E-state index contributed by atoms with van der Waals surface area (Å²) in [6, 6.07) is 5.19. The number of ether oxygens (including phenoxy) is 2. The van der Waals surface area contributed by atoms with Crippen LogP contribution in [0.2, 0.25) is 0 Å². The lowest BCUT2D eigenvalue weighted by molar-refractivity contribution is -0.0189. The Hall–Kier alpha value is -3.35. The quantitative estimate of drug-likeness (QED) is 0.428. The molecule has 2 N–H and O–H groups in total. The first-order chi connectivity index (χ1) is 17.9. The van der Waals surface area contributed by atoms with E-state index in [1.54, 1.807) is 30.6 Å². The molecular formula is C26H31N5O6S. The molecule has 202 valence electrons. The van der Waals surface area contributed by atoms with E-state index in [0.29, 0.717) is 51.5 Å². The van der Waals surface area contributed by atoms with E-state index in [1.807, 2.05) is 27.7 Å². The number of pyridine rings is 3. The van der Waals surface area contributed by atoms with E-state index in [-0.39, 0.29) is 25.1 Å². The average Bonchev–Trinajstić information content (AvgIpc) is 2.82. The Morgan fingerprint density at radius 3 is 2.63 bits per heavy atom. The maximum Gasteiger partial charge on any atom is 0.340 e. The second kappa shape index (κ2) is 9.44. The molecule has 2 atom stereocenters. The van der Waals surface area contributed by atoms with Crippen LogP contribution in [0.4, 0.5) is 11.6 Å². The van der Waals surface area contributed by atoms with Crippen LogP contribution < -0.4 is 10.1 Å². The molecule has 0 radical (unpaired) electrons. The normalized spacial score (nSPS) is 20.4. The number of sulfonamides is 1. The molecule has 12 heteroatoms. The Balaban J connectivity index is 1.46. The maximum absolute atomic E-state index is 12.4. The zero-order valence-electron chi connectivity index (χ0n) is 21.9. The van der Waals surface area contributed by atoms with Crippen molar-refractivity contribution in [1.82, 2.24) is 19.3 Å². The highest BCUT2D eigenvalue weighted by molar-refractivity contribution is 7.88. The standard InChI is InChI=1S/C26H31N5O6S/c1-6-20(32)18-10-28-24(36-15-12-31(13-15)38(5,34)35)19-11-27-22(9-17(18)19)29-21-8-7-16-23(30-21)14(2)26(3,4)37-25(16)33/h7-11,14-15,20,32H,6,12-13H2,1-5H3,(H,27,29,30)/t14-,20+/m1/s1. The van der Waals surface area contributed by atoms with Crippen LogP contribution >= 0.6 is 0 Å². The van der Waals surface area contributed by atoms with Gasteiger partial charge in [-0.2, -0.15) is 4.31 Å². The van der Waals surface area contributed by atoms with Gasteiger partial charge in [0.15, 0.2) is 0 Å². The number of esters is 1. The first-order valence-electron chi connectivity index (χ1n) is 12.5. The lowest BCUT2D eigenvalue weighted by atomic mass is 9.84. The third-order valence-electron chi connectivity index (χ3n) is 7.28. The van der Waals surface area contributed by atoms with Crippen LogP contribution in [-0.4, -0.2) is 69.8 Å². The van der Waals surface area contributed by atoms with Gasteiger partial charge in [0.1, 0.15) is 23.3 Å². The van der Waals surface area contributed by atoms with Gasteiger partial charge in [-0.15, -0.1) is 0 Å². The van der Waals surface area contributed by atoms with E-state index < -0.39 is 27.7 Å². The number of nitrogens with zero attached hydrogens (tertiary/aromatic N) is 4. The number of nitrogens with one attached hydrogen (secondary N) is 1. The summed E-state index contributed by atoms with van der Waals surface area (Å²) >= 11 is 0. The molecule has 3 aromatic heterocycles. The van der Waals surface area contributed by atoms with Crippen LogP contribution in [0.15, 0.2) is 30.6 Å². The molecule has 0 unspecified atom stereocenters. The van der Waals surface area contributed by atoms with Gasteiger partial charge in [-0.3, -0.25) is 0 Å². The minimum absolute atomic E-state index is 0.108. The van der Waals surface area contributed by atoms with Gasteiger partial charge in [0, 0.05) is 23.9 Å². The van der Waals surface area contributed by atoms with Crippen LogP contribution in [0, 0.1) is 0 Å². The van der Waals surface area contributed by atoms with Crippen molar-refractivity contribution in [2.24, 2.45) is 0 Å². The summed E-state index contributed by atoms with van der Waals surface area (Å²) in [7, 11) is -3.26. The summed E-state index contributed by atoms with van der Waals surface area (Å²) in [6.45, 7) is 8.08. The zero-order valence-corrected chi connectivity index (χ0v) is 22.7. The van der Waals surface area contributed by atoms with Crippen molar-refractivity contribution >= 4 is 38.4 Å². The lowest BCUT2D eigenvalue weighted by Crippen LogP contribution is -2.55. The van der Waals surface area contributed by atoms with Gasteiger partial charge >= 0.3 is 5.97 Å². The van der Waals surface area contributed by atoms with E-state index >= 15 is 0 Å². The topological polar surface area (TPSA) is 144 Å². The van der Waals surface area contributed by atoms with E-state index in [2.05, 4.69) is 15.3 Å². The van der Waals surface area contributed by atoms with Gasteiger partial charge in [0.2, 0.25) is 15.9 Å². The van der Waals surface area contributed by atoms with Gasteiger partial charge in [-0.05, 0) is 43.9 Å². The molecule has 1 fully saturated rings. The molecule has 11 nitrogen and oxygen atoms in total. The zero-order chi connectivity index (χ0) is 27.4. The molecule has 5 heterocycles. The first kappa shape index (κ1) is 26.3. The van der Waals surface area contributed by atoms with Gasteiger partial charge < -0.3 is 19.9 Å². The highest BCUT2D eigenvalue weighted by atomic mass is 32.2. The molecule has 2 aliphatic rings. The molecule has 0 amide bonds. The van der Waals surface area contributed by atoms with Crippen molar-refractivity contribution in [3.8, 4) is 5.88 Å². The average molecular weight is 542 g/mol. The number of hydrogen-bond acceptors (Lipinski definition) is 10. The highest BCUT2D eigenvalue weighted by Gasteiger charge is 2.40. The Morgan fingerprint density at radius 2 is 1.95 bits per heavy atom. The second-order valence-corrected chi connectivity index (χ2v) is 12.3. The molecule has 0 aromatic carbocycles. The number of carbonyl (C=O) groups excluding carboxylic acids is 1. The number of rotatable bonds is 7. The summed E-state index contributed by atoms with van der Waals surface area (Å²) < 4.78 is 36.3. The Kier molecular flexibility index (Phi) is 6.52. The van der Waals surface area contributed by atoms with Crippen LogP contribution in [0.3, 0.4) is 0 Å². The Labute approximate surface area is 221 Å². The molecule has 3 aromatic rings. The van der Waals surface area contributed by atoms with Crippen LogP contribution in [0.5, 0.6) is 5.88 Å². The maximum atomic E-state index is 12.4. The SMILES string of the molecule is CC[C@H](O)c1cnc(OC2CN(S(C)(=O)=O)C2)c2cnc(Nc3ccc4c(n3)[C@@H](C)C(C)(C)OC4=O)cc12. The van der Waals surface area contributed by atoms with Crippen molar-refractivity contribution in [3.05, 3.63) is 47.4 Å². The van der Waals surface area contributed by atoms with Gasteiger partial charge in [0.25, 0.3) is 0 Å². The predicted molar refractivity (Wildman–Crippen MR) is 141 cm³/mol.